The van der Waals surface area contributed by atoms with Crippen LogP contribution in [-0.4, -0.2) is 22.3 Å². The Morgan fingerprint density at radius 3 is 3.00 bits per heavy atom. The molecule has 0 bridgehead atoms. The number of aliphatic hydroxyl groups excluding tert-OH is 1. The van der Waals surface area contributed by atoms with Crippen LogP contribution in [0.2, 0.25) is 0 Å². The maximum absolute atomic E-state index is 9.46. The highest BCUT2D eigenvalue weighted by atomic mass is 16.3. The van der Waals surface area contributed by atoms with Crippen molar-refractivity contribution in [3.63, 3.8) is 0 Å². The normalized spacial score (nSPS) is 21.9. The van der Waals surface area contributed by atoms with Crippen LogP contribution in [0.1, 0.15) is 50.3 Å². The molecule has 1 aliphatic rings. The van der Waals surface area contributed by atoms with Gasteiger partial charge in [-0.15, -0.1) is 0 Å². The molecule has 0 fully saturated rings. The van der Waals surface area contributed by atoms with E-state index in [-0.39, 0.29) is 6.10 Å². The third-order valence-electron chi connectivity index (χ3n) is 3.49. The lowest BCUT2D eigenvalue weighted by molar-refractivity contribution is 0.173. The molecule has 0 radical (unpaired) electrons. The fourth-order valence-corrected chi connectivity index (χ4v) is 2.78. The molecule has 96 valence electrons. The van der Waals surface area contributed by atoms with E-state index in [1.165, 1.54) is 36.8 Å². The Morgan fingerprint density at radius 1 is 1.47 bits per heavy atom. The van der Waals surface area contributed by atoms with Gasteiger partial charge < -0.3 is 15.0 Å². The maximum atomic E-state index is 9.46. The van der Waals surface area contributed by atoms with Crippen molar-refractivity contribution < 1.29 is 5.11 Å². The molecule has 2 N–H and O–H groups in total. The van der Waals surface area contributed by atoms with Crippen molar-refractivity contribution in [2.24, 2.45) is 0 Å². The number of nitrogens with one attached hydrogen (secondary N) is 1. The monoisotopic (exact) mass is 236 g/mol. The number of rotatable bonds is 4. The van der Waals surface area contributed by atoms with Crippen molar-refractivity contribution in [3.05, 3.63) is 23.5 Å². The second-order valence-corrected chi connectivity index (χ2v) is 5.14. The molecule has 2 atom stereocenters. The van der Waals surface area contributed by atoms with Crippen LogP contribution >= 0.6 is 0 Å². The molecule has 2 unspecified atom stereocenters. The predicted octanol–water partition coefficient (Wildman–Crippen LogP) is 2.25. The van der Waals surface area contributed by atoms with Crippen LogP contribution in [0, 0.1) is 0 Å². The molecular formula is C14H24N2O. The first-order valence-electron chi connectivity index (χ1n) is 6.80. The standard InChI is InChI=1S/C14H24N2O/c1-3-15-14-7-5-4-6-12-9-16(8-11(2)17)10-13(12)14/h9-11,14-15,17H,3-8H2,1-2H3. The highest BCUT2D eigenvalue weighted by Crippen LogP contribution is 2.29. The third-order valence-corrected chi connectivity index (χ3v) is 3.49. The average Bonchev–Trinajstić information content (AvgIpc) is 2.56. The number of hydrogen-bond donors (Lipinski definition) is 2. The van der Waals surface area contributed by atoms with Gasteiger partial charge in [-0.05, 0) is 43.9 Å². The average molecular weight is 236 g/mol. The molecule has 3 nitrogen and oxygen atoms in total. The van der Waals surface area contributed by atoms with Gasteiger partial charge in [0.1, 0.15) is 0 Å². The summed E-state index contributed by atoms with van der Waals surface area (Å²) in [6.07, 6.45) is 9.18. The van der Waals surface area contributed by atoms with Crippen molar-refractivity contribution in [1.29, 1.82) is 0 Å². The molecule has 0 saturated heterocycles. The molecule has 17 heavy (non-hydrogen) atoms. The van der Waals surface area contributed by atoms with Crippen molar-refractivity contribution in [2.75, 3.05) is 6.54 Å². The van der Waals surface area contributed by atoms with Gasteiger partial charge >= 0.3 is 0 Å². The van der Waals surface area contributed by atoms with E-state index in [4.69, 9.17) is 0 Å². The van der Waals surface area contributed by atoms with Crippen molar-refractivity contribution >= 4 is 0 Å². The second-order valence-electron chi connectivity index (χ2n) is 5.14. The van der Waals surface area contributed by atoms with E-state index in [1.54, 1.807) is 0 Å². The SMILES string of the molecule is CCNC1CCCCc2cn(CC(C)O)cc21. The van der Waals surface area contributed by atoms with E-state index in [0.717, 1.165) is 6.54 Å². The van der Waals surface area contributed by atoms with E-state index < -0.39 is 0 Å². The van der Waals surface area contributed by atoms with Gasteiger partial charge in [0.25, 0.3) is 0 Å². The first kappa shape index (κ1) is 12.7. The van der Waals surface area contributed by atoms with Gasteiger partial charge in [-0.3, -0.25) is 0 Å². The van der Waals surface area contributed by atoms with Gasteiger partial charge in [0, 0.05) is 25.0 Å². The summed E-state index contributed by atoms with van der Waals surface area (Å²) in [4.78, 5) is 0. The molecule has 0 saturated carbocycles. The molecular weight excluding hydrogens is 212 g/mol. The van der Waals surface area contributed by atoms with E-state index in [2.05, 4.69) is 29.2 Å². The summed E-state index contributed by atoms with van der Waals surface area (Å²) in [5, 5.41) is 13.0. The molecule has 2 rings (SSSR count). The minimum Gasteiger partial charge on any atom is -0.392 e. The number of aryl methyl sites for hydroxylation is 1. The minimum absolute atomic E-state index is 0.274. The van der Waals surface area contributed by atoms with Crippen molar-refractivity contribution in [2.45, 2.75) is 58.2 Å². The predicted molar refractivity (Wildman–Crippen MR) is 70.1 cm³/mol. The molecule has 0 amide bonds. The summed E-state index contributed by atoms with van der Waals surface area (Å²) < 4.78 is 2.14. The van der Waals surface area contributed by atoms with Gasteiger partial charge in [0.15, 0.2) is 0 Å². The maximum Gasteiger partial charge on any atom is 0.0690 e. The van der Waals surface area contributed by atoms with E-state index in [1.807, 2.05) is 6.92 Å². The zero-order chi connectivity index (χ0) is 12.3. The summed E-state index contributed by atoms with van der Waals surface area (Å²) in [7, 11) is 0. The van der Waals surface area contributed by atoms with Crippen LogP contribution in [0.15, 0.2) is 12.4 Å². The molecule has 0 aromatic carbocycles. The Balaban J connectivity index is 2.20. The van der Waals surface area contributed by atoms with Gasteiger partial charge in [-0.2, -0.15) is 0 Å². The summed E-state index contributed by atoms with van der Waals surface area (Å²) in [5.41, 5.74) is 2.92. The topological polar surface area (TPSA) is 37.2 Å². The zero-order valence-corrected chi connectivity index (χ0v) is 10.9. The summed E-state index contributed by atoms with van der Waals surface area (Å²) in [5.74, 6) is 0. The molecule has 0 aliphatic heterocycles. The van der Waals surface area contributed by atoms with E-state index in [0.29, 0.717) is 12.6 Å². The van der Waals surface area contributed by atoms with Gasteiger partial charge in [0.2, 0.25) is 0 Å². The Hall–Kier alpha value is -0.800. The van der Waals surface area contributed by atoms with Crippen LogP contribution in [0.25, 0.3) is 0 Å². The van der Waals surface area contributed by atoms with Crippen LogP contribution < -0.4 is 5.32 Å². The van der Waals surface area contributed by atoms with Gasteiger partial charge in [-0.25, -0.2) is 0 Å². The first-order valence-corrected chi connectivity index (χ1v) is 6.80. The lowest BCUT2D eigenvalue weighted by Crippen LogP contribution is -2.20. The zero-order valence-electron chi connectivity index (χ0n) is 10.9. The van der Waals surface area contributed by atoms with E-state index in [9.17, 15) is 5.11 Å². The smallest absolute Gasteiger partial charge is 0.0690 e. The highest BCUT2D eigenvalue weighted by Gasteiger charge is 2.19. The van der Waals surface area contributed by atoms with Crippen molar-refractivity contribution in [1.82, 2.24) is 9.88 Å². The quantitative estimate of drug-likeness (QED) is 0.787. The number of hydrogen-bond acceptors (Lipinski definition) is 2. The fourth-order valence-electron chi connectivity index (χ4n) is 2.78. The Labute approximate surface area is 104 Å². The second kappa shape index (κ2) is 5.69. The molecule has 1 aromatic rings. The number of aromatic nitrogens is 1. The van der Waals surface area contributed by atoms with Gasteiger partial charge in [0.05, 0.1) is 6.10 Å². The highest BCUT2D eigenvalue weighted by molar-refractivity contribution is 5.29. The molecule has 1 aromatic heterocycles. The molecule has 3 heteroatoms. The van der Waals surface area contributed by atoms with Crippen molar-refractivity contribution in [3.8, 4) is 0 Å². The van der Waals surface area contributed by atoms with Gasteiger partial charge in [-0.1, -0.05) is 13.3 Å². The lowest BCUT2D eigenvalue weighted by atomic mass is 10.0. The fraction of sp³-hybridized carbons (Fsp3) is 0.714. The number of nitrogens with zero attached hydrogens (tertiary/aromatic N) is 1. The number of aliphatic hydroxyl groups is 1. The first-order chi connectivity index (χ1) is 8.20. The largest absolute Gasteiger partial charge is 0.392 e. The minimum atomic E-state index is -0.274. The number of fused-ring (bicyclic) bond motifs is 1. The Kier molecular flexibility index (Phi) is 4.24. The molecule has 1 aliphatic carbocycles. The Bertz CT molecular complexity index is 357. The van der Waals surface area contributed by atoms with E-state index >= 15 is 0 Å². The third kappa shape index (κ3) is 3.11. The molecule has 0 spiro atoms. The summed E-state index contributed by atoms with van der Waals surface area (Å²) >= 11 is 0. The molecule has 1 heterocycles. The summed E-state index contributed by atoms with van der Waals surface area (Å²) in [6.45, 7) is 5.72. The van der Waals surface area contributed by atoms with Crippen LogP contribution in [0.3, 0.4) is 0 Å². The van der Waals surface area contributed by atoms with Crippen LogP contribution in [-0.2, 0) is 13.0 Å². The summed E-state index contributed by atoms with van der Waals surface area (Å²) in [6, 6.07) is 0.507. The van der Waals surface area contributed by atoms with Crippen LogP contribution in [0.4, 0.5) is 0 Å². The Morgan fingerprint density at radius 2 is 2.29 bits per heavy atom. The van der Waals surface area contributed by atoms with Crippen LogP contribution in [0.5, 0.6) is 0 Å². The lowest BCUT2D eigenvalue weighted by Gasteiger charge is -2.15.